The number of benzene rings is 3. The highest BCUT2D eigenvalue weighted by Gasteiger charge is 2.29. The summed E-state index contributed by atoms with van der Waals surface area (Å²) < 4.78 is 42.4. The minimum absolute atomic E-state index is 0.0522. The van der Waals surface area contributed by atoms with Crippen LogP contribution in [0.4, 0.5) is 10.1 Å². The molecule has 3 aromatic carbocycles. The second-order valence-corrected chi connectivity index (χ2v) is 10.6. The third kappa shape index (κ3) is 4.93. The molecule has 0 unspecified atom stereocenters. The van der Waals surface area contributed by atoms with Gasteiger partial charge in [-0.1, -0.05) is 60.7 Å². The van der Waals surface area contributed by atoms with Crippen LogP contribution in [0.2, 0.25) is 0 Å². The monoisotopic (exact) mass is 504 g/mol. The van der Waals surface area contributed by atoms with Crippen molar-refractivity contribution in [3.05, 3.63) is 113 Å². The molecule has 1 aliphatic rings. The first-order chi connectivity index (χ1) is 17.4. The van der Waals surface area contributed by atoms with Crippen molar-refractivity contribution in [2.45, 2.75) is 5.75 Å². The van der Waals surface area contributed by atoms with Gasteiger partial charge in [0.05, 0.1) is 28.9 Å². The van der Waals surface area contributed by atoms with Crippen molar-refractivity contribution < 1.29 is 12.8 Å². The maximum atomic E-state index is 13.6. The molecule has 1 aliphatic heterocycles. The van der Waals surface area contributed by atoms with Crippen LogP contribution in [0.15, 0.2) is 95.9 Å². The largest absolute Gasteiger partial charge is 0.367 e. The summed E-state index contributed by atoms with van der Waals surface area (Å²) in [5.74, 6) is -0.446. The van der Waals surface area contributed by atoms with Gasteiger partial charge >= 0.3 is 0 Å². The van der Waals surface area contributed by atoms with Gasteiger partial charge in [-0.2, -0.15) is 14.1 Å². The van der Waals surface area contributed by atoms with Gasteiger partial charge in [0.1, 0.15) is 5.82 Å². The minimum atomic E-state index is -3.48. The van der Waals surface area contributed by atoms with E-state index in [9.17, 15) is 17.6 Å². The summed E-state index contributed by atoms with van der Waals surface area (Å²) in [6.07, 6.45) is 1.63. The second kappa shape index (κ2) is 10.0. The summed E-state index contributed by atoms with van der Waals surface area (Å²) in [6, 6.07) is 24.0. The van der Waals surface area contributed by atoms with E-state index in [0.717, 1.165) is 5.56 Å². The Hall–Kier alpha value is -3.82. The molecule has 0 spiro atoms. The number of piperazine rings is 1. The lowest BCUT2D eigenvalue weighted by Gasteiger charge is -2.36. The van der Waals surface area contributed by atoms with E-state index in [0.29, 0.717) is 48.7 Å². The van der Waals surface area contributed by atoms with Crippen molar-refractivity contribution in [3.8, 4) is 16.8 Å². The van der Waals surface area contributed by atoms with Gasteiger partial charge in [-0.3, -0.25) is 4.79 Å². The zero-order chi connectivity index (χ0) is 25.1. The molecule has 0 saturated carbocycles. The van der Waals surface area contributed by atoms with Crippen LogP contribution in [-0.4, -0.2) is 48.7 Å². The first-order valence-electron chi connectivity index (χ1n) is 11.6. The maximum Gasteiger partial charge on any atom is 0.281 e. The Morgan fingerprint density at radius 1 is 0.806 bits per heavy atom. The van der Waals surface area contributed by atoms with Gasteiger partial charge in [-0.15, -0.1) is 0 Å². The normalized spacial score (nSPS) is 14.6. The van der Waals surface area contributed by atoms with E-state index in [2.05, 4.69) is 5.10 Å². The number of rotatable bonds is 6. The first-order valence-corrected chi connectivity index (χ1v) is 13.2. The first kappa shape index (κ1) is 23.9. The lowest BCUT2D eigenvalue weighted by molar-refractivity contribution is 0.384. The highest BCUT2D eigenvalue weighted by Crippen LogP contribution is 2.29. The van der Waals surface area contributed by atoms with Gasteiger partial charge in [0.2, 0.25) is 10.0 Å². The summed E-state index contributed by atoms with van der Waals surface area (Å²) >= 11 is 0. The van der Waals surface area contributed by atoms with Gasteiger partial charge in [0.15, 0.2) is 0 Å². The number of halogens is 1. The number of nitrogens with zero attached hydrogens (tertiary/aromatic N) is 4. The van der Waals surface area contributed by atoms with Gasteiger partial charge < -0.3 is 4.90 Å². The SMILES string of the molecule is O=c1c(-c2ccc(F)cc2)c(N2CCN(S(=O)(=O)Cc3ccccc3)CC2)cnn1-c1ccccc1. The molecular weight excluding hydrogens is 479 g/mol. The van der Waals surface area contributed by atoms with E-state index in [-0.39, 0.29) is 11.3 Å². The van der Waals surface area contributed by atoms with E-state index in [1.165, 1.54) is 21.1 Å². The van der Waals surface area contributed by atoms with E-state index < -0.39 is 15.8 Å². The van der Waals surface area contributed by atoms with Crippen LogP contribution < -0.4 is 10.5 Å². The molecular formula is C27H25FN4O3S. The van der Waals surface area contributed by atoms with Crippen LogP contribution in [0.1, 0.15) is 5.56 Å². The predicted molar refractivity (Wildman–Crippen MR) is 138 cm³/mol. The average Bonchev–Trinajstić information content (AvgIpc) is 2.90. The highest BCUT2D eigenvalue weighted by molar-refractivity contribution is 7.88. The second-order valence-electron chi connectivity index (χ2n) is 8.59. The fraction of sp³-hybridized carbons (Fsp3) is 0.185. The van der Waals surface area contributed by atoms with Crippen LogP contribution in [0.5, 0.6) is 0 Å². The molecule has 5 rings (SSSR count). The summed E-state index contributed by atoms with van der Waals surface area (Å²) in [5, 5.41) is 4.41. The summed E-state index contributed by atoms with van der Waals surface area (Å²) in [6.45, 7) is 1.39. The topological polar surface area (TPSA) is 75.5 Å². The third-order valence-corrected chi connectivity index (χ3v) is 8.11. The standard InChI is InChI=1S/C27H25FN4O3S/c28-23-13-11-22(12-14-23)26-25(19-29-32(27(26)33)24-9-5-2-6-10-24)30-15-17-31(18-16-30)36(34,35)20-21-7-3-1-4-8-21/h1-14,19H,15-18,20H2. The number of anilines is 1. The number of hydrogen-bond donors (Lipinski definition) is 0. The van der Waals surface area contributed by atoms with E-state index in [1.807, 2.05) is 41.3 Å². The molecule has 36 heavy (non-hydrogen) atoms. The molecule has 0 bridgehead atoms. The quantitative estimate of drug-likeness (QED) is 0.400. The number of sulfonamides is 1. The van der Waals surface area contributed by atoms with Crippen molar-refractivity contribution >= 4 is 15.7 Å². The number of aromatic nitrogens is 2. The lowest BCUT2D eigenvalue weighted by atomic mass is 10.0. The molecule has 184 valence electrons. The van der Waals surface area contributed by atoms with Gasteiger partial charge in [0.25, 0.3) is 5.56 Å². The van der Waals surface area contributed by atoms with Gasteiger partial charge in [-0.05, 0) is 35.4 Å². The Morgan fingerprint density at radius 2 is 1.42 bits per heavy atom. The molecule has 4 aromatic rings. The number of para-hydroxylation sites is 1. The van der Waals surface area contributed by atoms with Crippen molar-refractivity contribution in [1.29, 1.82) is 0 Å². The molecule has 0 amide bonds. The molecule has 2 heterocycles. The molecule has 1 fully saturated rings. The lowest BCUT2D eigenvalue weighted by Crippen LogP contribution is -2.49. The smallest absolute Gasteiger partial charge is 0.281 e. The summed E-state index contributed by atoms with van der Waals surface area (Å²) in [7, 11) is -3.48. The minimum Gasteiger partial charge on any atom is -0.367 e. The zero-order valence-electron chi connectivity index (χ0n) is 19.5. The Bertz CT molecular complexity index is 1500. The Morgan fingerprint density at radius 3 is 2.06 bits per heavy atom. The molecule has 0 radical (unpaired) electrons. The van der Waals surface area contributed by atoms with Gasteiger partial charge in [0, 0.05) is 26.2 Å². The van der Waals surface area contributed by atoms with Crippen LogP contribution >= 0.6 is 0 Å². The summed E-state index contributed by atoms with van der Waals surface area (Å²) in [5.41, 5.74) is 2.60. The molecule has 7 nitrogen and oxygen atoms in total. The van der Waals surface area contributed by atoms with Crippen LogP contribution in [0.25, 0.3) is 16.8 Å². The van der Waals surface area contributed by atoms with Crippen molar-refractivity contribution in [2.24, 2.45) is 0 Å². The average molecular weight is 505 g/mol. The van der Waals surface area contributed by atoms with Crippen molar-refractivity contribution in [2.75, 3.05) is 31.1 Å². The maximum absolute atomic E-state index is 13.6. The summed E-state index contributed by atoms with van der Waals surface area (Å²) in [4.78, 5) is 15.6. The molecule has 1 saturated heterocycles. The van der Waals surface area contributed by atoms with Gasteiger partial charge in [-0.25, -0.2) is 12.8 Å². The van der Waals surface area contributed by atoms with Crippen LogP contribution in [0, 0.1) is 5.82 Å². The fourth-order valence-corrected chi connectivity index (χ4v) is 5.92. The molecule has 1 aromatic heterocycles. The van der Waals surface area contributed by atoms with Crippen LogP contribution in [0.3, 0.4) is 0 Å². The van der Waals surface area contributed by atoms with E-state index >= 15 is 0 Å². The molecule has 0 N–H and O–H groups in total. The van der Waals surface area contributed by atoms with Crippen LogP contribution in [-0.2, 0) is 15.8 Å². The Kier molecular flexibility index (Phi) is 6.67. The van der Waals surface area contributed by atoms with Crippen molar-refractivity contribution in [1.82, 2.24) is 14.1 Å². The Balaban J connectivity index is 1.45. The highest BCUT2D eigenvalue weighted by atomic mass is 32.2. The fourth-order valence-electron chi connectivity index (χ4n) is 4.41. The third-order valence-electron chi connectivity index (χ3n) is 6.26. The number of hydrogen-bond acceptors (Lipinski definition) is 5. The van der Waals surface area contributed by atoms with Crippen molar-refractivity contribution in [3.63, 3.8) is 0 Å². The molecule has 0 aliphatic carbocycles. The predicted octanol–water partition coefficient (Wildman–Crippen LogP) is 3.69. The zero-order valence-corrected chi connectivity index (χ0v) is 20.3. The van der Waals surface area contributed by atoms with E-state index in [1.54, 1.807) is 42.6 Å². The molecule has 9 heteroatoms. The molecule has 0 atom stereocenters. The Labute approximate surface area is 209 Å². The van der Waals surface area contributed by atoms with E-state index in [4.69, 9.17) is 0 Å².